The number of hydrogen-bond donors (Lipinski definition) is 0. The number of methoxy groups -OCH3 is 1. The van der Waals surface area contributed by atoms with Crippen LogP contribution in [0.15, 0.2) is 76.5 Å². The Labute approximate surface area is 156 Å². The van der Waals surface area contributed by atoms with Crippen LogP contribution in [0.4, 0.5) is 0 Å². The molecule has 126 valence electrons. The van der Waals surface area contributed by atoms with Crippen molar-refractivity contribution in [2.75, 3.05) is 7.11 Å². The molecular formula is C21H17ClO2S. The Bertz CT molecular complexity index is 887. The zero-order chi connectivity index (χ0) is 17.8. The van der Waals surface area contributed by atoms with Gasteiger partial charge >= 0.3 is 5.97 Å². The number of halogens is 1. The zero-order valence-electron chi connectivity index (χ0n) is 14.0. The second-order valence-electron chi connectivity index (χ2n) is 5.59. The van der Waals surface area contributed by atoms with E-state index in [2.05, 4.69) is 31.2 Å². The maximum absolute atomic E-state index is 12.5. The van der Waals surface area contributed by atoms with Gasteiger partial charge in [-0.2, -0.15) is 0 Å². The van der Waals surface area contributed by atoms with E-state index in [9.17, 15) is 4.79 Å². The van der Waals surface area contributed by atoms with E-state index in [0.717, 1.165) is 20.9 Å². The molecule has 3 aromatic rings. The van der Waals surface area contributed by atoms with E-state index >= 15 is 0 Å². The molecule has 0 aliphatic rings. The average molecular weight is 369 g/mol. The number of carbonyl (C=O) groups excluding carboxylic acids is 1. The van der Waals surface area contributed by atoms with Crippen molar-refractivity contribution in [3.63, 3.8) is 0 Å². The SMILES string of the molecule is COC(=O)c1c(Sc2ccc(C)cc2)cccc1-c1ccc(Cl)cc1. The number of rotatable bonds is 4. The third-order valence-corrected chi connectivity index (χ3v) is 5.14. The second kappa shape index (κ2) is 7.77. The van der Waals surface area contributed by atoms with Gasteiger partial charge in [0.1, 0.15) is 0 Å². The number of aryl methyl sites for hydroxylation is 1. The Kier molecular flexibility index (Phi) is 5.47. The van der Waals surface area contributed by atoms with Crippen molar-refractivity contribution in [1.82, 2.24) is 0 Å². The molecule has 0 radical (unpaired) electrons. The highest BCUT2D eigenvalue weighted by Gasteiger charge is 2.19. The molecule has 0 N–H and O–H groups in total. The van der Waals surface area contributed by atoms with Crippen molar-refractivity contribution in [2.45, 2.75) is 16.7 Å². The minimum absolute atomic E-state index is 0.347. The largest absolute Gasteiger partial charge is 0.465 e. The van der Waals surface area contributed by atoms with Crippen LogP contribution in [-0.4, -0.2) is 13.1 Å². The highest BCUT2D eigenvalue weighted by Crippen LogP contribution is 2.36. The molecule has 0 heterocycles. The van der Waals surface area contributed by atoms with Crippen molar-refractivity contribution >= 4 is 29.3 Å². The van der Waals surface area contributed by atoms with Gasteiger partial charge in [0.15, 0.2) is 0 Å². The molecule has 0 spiro atoms. The summed E-state index contributed by atoms with van der Waals surface area (Å²) in [6, 6.07) is 21.5. The van der Waals surface area contributed by atoms with Gasteiger partial charge in [-0.25, -0.2) is 4.79 Å². The lowest BCUT2D eigenvalue weighted by Gasteiger charge is -2.13. The summed E-state index contributed by atoms with van der Waals surface area (Å²) in [4.78, 5) is 14.4. The molecule has 0 fully saturated rings. The fourth-order valence-electron chi connectivity index (χ4n) is 2.53. The molecular weight excluding hydrogens is 352 g/mol. The molecule has 0 unspecified atom stereocenters. The van der Waals surface area contributed by atoms with Gasteiger partial charge in [-0.05, 0) is 48.4 Å². The van der Waals surface area contributed by atoms with Crippen LogP contribution in [0.1, 0.15) is 15.9 Å². The molecule has 3 aromatic carbocycles. The summed E-state index contributed by atoms with van der Waals surface area (Å²) in [6.45, 7) is 2.05. The van der Waals surface area contributed by atoms with E-state index in [1.165, 1.54) is 12.7 Å². The van der Waals surface area contributed by atoms with Crippen LogP contribution in [-0.2, 0) is 4.74 Å². The topological polar surface area (TPSA) is 26.3 Å². The first-order chi connectivity index (χ1) is 12.1. The van der Waals surface area contributed by atoms with Crippen molar-refractivity contribution < 1.29 is 9.53 Å². The molecule has 0 saturated carbocycles. The maximum atomic E-state index is 12.5. The molecule has 0 bridgehead atoms. The number of benzene rings is 3. The molecule has 0 saturated heterocycles. The fraction of sp³-hybridized carbons (Fsp3) is 0.0952. The molecule has 4 heteroatoms. The summed E-state index contributed by atoms with van der Waals surface area (Å²) < 4.78 is 5.04. The number of esters is 1. The van der Waals surface area contributed by atoms with Crippen LogP contribution >= 0.6 is 23.4 Å². The van der Waals surface area contributed by atoms with Crippen molar-refractivity contribution in [2.24, 2.45) is 0 Å². The predicted octanol–water partition coefficient (Wildman–Crippen LogP) is 6.25. The number of carbonyl (C=O) groups is 1. The van der Waals surface area contributed by atoms with Gasteiger partial charge in [0.25, 0.3) is 0 Å². The van der Waals surface area contributed by atoms with Gasteiger partial charge in [-0.3, -0.25) is 0 Å². The Balaban J connectivity index is 2.08. The minimum Gasteiger partial charge on any atom is -0.465 e. The van der Waals surface area contributed by atoms with Crippen LogP contribution in [0.3, 0.4) is 0 Å². The predicted molar refractivity (Wildman–Crippen MR) is 104 cm³/mol. The maximum Gasteiger partial charge on any atom is 0.339 e. The summed E-state index contributed by atoms with van der Waals surface area (Å²) in [5, 5.41) is 0.661. The molecule has 0 aliphatic carbocycles. The van der Waals surface area contributed by atoms with Gasteiger partial charge in [0, 0.05) is 14.8 Å². The molecule has 0 amide bonds. The highest BCUT2D eigenvalue weighted by atomic mass is 35.5. The van der Waals surface area contributed by atoms with E-state index < -0.39 is 0 Å². The van der Waals surface area contributed by atoms with Crippen LogP contribution in [0.2, 0.25) is 5.02 Å². The van der Waals surface area contributed by atoms with Crippen molar-refractivity contribution in [3.05, 3.63) is 82.9 Å². The molecule has 2 nitrogen and oxygen atoms in total. The quantitative estimate of drug-likeness (QED) is 0.509. The van der Waals surface area contributed by atoms with Gasteiger partial charge < -0.3 is 4.74 Å². The molecule has 3 rings (SSSR count). The average Bonchev–Trinajstić information content (AvgIpc) is 2.63. The summed E-state index contributed by atoms with van der Waals surface area (Å²) in [7, 11) is 1.40. The Morgan fingerprint density at radius 2 is 1.64 bits per heavy atom. The third kappa shape index (κ3) is 4.06. The standard InChI is InChI=1S/C21H17ClO2S/c1-14-6-12-17(13-7-14)25-19-5-3-4-18(20(19)21(23)24-2)15-8-10-16(22)11-9-15/h3-13H,1-2H3. The van der Waals surface area contributed by atoms with Crippen molar-refractivity contribution in [3.8, 4) is 11.1 Å². The van der Waals surface area contributed by atoms with E-state index in [1.807, 2.05) is 42.5 Å². The first-order valence-corrected chi connectivity index (χ1v) is 8.99. The van der Waals surface area contributed by atoms with E-state index in [-0.39, 0.29) is 5.97 Å². The Hall–Kier alpha value is -2.23. The lowest BCUT2D eigenvalue weighted by atomic mass is 10.00. The van der Waals surface area contributed by atoms with Crippen molar-refractivity contribution in [1.29, 1.82) is 0 Å². The molecule has 25 heavy (non-hydrogen) atoms. The first-order valence-electron chi connectivity index (χ1n) is 7.80. The van der Waals surface area contributed by atoms with Gasteiger partial charge in [0.05, 0.1) is 12.7 Å². The summed E-state index contributed by atoms with van der Waals surface area (Å²) in [5.41, 5.74) is 3.53. The molecule has 0 aliphatic heterocycles. The Morgan fingerprint density at radius 1 is 0.960 bits per heavy atom. The second-order valence-corrected chi connectivity index (χ2v) is 7.14. The summed E-state index contributed by atoms with van der Waals surface area (Å²) in [5.74, 6) is -0.347. The monoisotopic (exact) mass is 368 g/mol. The van der Waals surface area contributed by atoms with E-state index in [4.69, 9.17) is 16.3 Å². The molecule has 0 atom stereocenters. The third-order valence-electron chi connectivity index (χ3n) is 3.82. The fourth-order valence-corrected chi connectivity index (χ4v) is 3.63. The lowest BCUT2D eigenvalue weighted by molar-refractivity contribution is 0.0597. The molecule has 0 aromatic heterocycles. The Morgan fingerprint density at radius 3 is 2.28 bits per heavy atom. The summed E-state index contributed by atoms with van der Waals surface area (Å²) >= 11 is 7.54. The normalized spacial score (nSPS) is 10.5. The summed E-state index contributed by atoms with van der Waals surface area (Å²) in [6.07, 6.45) is 0. The smallest absolute Gasteiger partial charge is 0.339 e. The highest BCUT2D eigenvalue weighted by molar-refractivity contribution is 7.99. The van der Waals surface area contributed by atoms with Crippen LogP contribution in [0.5, 0.6) is 0 Å². The van der Waals surface area contributed by atoms with Crippen LogP contribution < -0.4 is 0 Å². The van der Waals surface area contributed by atoms with E-state index in [1.54, 1.807) is 11.8 Å². The van der Waals surface area contributed by atoms with Crippen LogP contribution in [0.25, 0.3) is 11.1 Å². The van der Waals surface area contributed by atoms with Gasteiger partial charge in [0.2, 0.25) is 0 Å². The first kappa shape index (κ1) is 17.6. The van der Waals surface area contributed by atoms with Crippen LogP contribution in [0, 0.1) is 6.92 Å². The number of ether oxygens (including phenoxy) is 1. The zero-order valence-corrected chi connectivity index (χ0v) is 15.5. The number of hydrogen-bond acceptors (Lipinski definition) is 3. The lowest BCUT2D eigenvalue weighted by Crippen LogP contribution is -2.05. The van der Waals surface area contributed by atoms with E-state index in [0.29, 0.717) is 10.6 Å². The van der Waals surface area contributed by atoms with Gasteiger partial charge in [-0.1, -0.05) is 65.3 Å². The minimum atomic E-state index is -0.347. The van der Waals surface area contributed by atoms with Gasteiger partial charge in [-0.15, -0.1) is 0 Å².